The van der Waals surface area contributed by atoms with Crippen LogP contribution in [0.3, 0.4) is 0 Å². The predicted octanol–water partition coefficient (Wildman–Crippen LogP) is 3.85. The monoisotopic (exact) mass is 372 g/mol. The molecular formula is C14H13Cl2F3O4. The van der Waals surface area contributed by atoms with Gasteiger partial charge in [0.2, 0.25) is 0 Å². The van der Waals surface area contributed by atoms with Gasteiger partial charge in [-0.15, -0.1) is 0 Å². The second kappa shape index (κ2) is 6.37. The Balaban J connectivity index is 2.48. The van der Waals surface area contributed by atoms with E-state index in [1.54, 1.807) is 6.92 Å². The third kappa shape index (κ3) is 3.84. The number of hydrogen-bond donors (Lipinski definition) is 1. The largest absolute Gasteiger partial charge is 0.480 e. The molecule has 1 N–H and O–H groups in total. The molecule has 9 heteroatoms. The molecule has 0 bridgehead atoms. The SMILES string of the molecule is CCOC(=O)C[C@]1(O)C[C@@H](C(F)(F)F)Oc2cc(Cl)c(Cl)cc21. The van der Waals surface area contributed by atoms with Gasteiger partial charge in [0.25, 0.3) is 0 Å². The molecule has 1 aromatic rings. The van der Waals surface area contributed by atoms with Gasteiger partial charge < -0.3 is 14.6 Å². The summed E-state index contributed by atoms with van der Waals surface area (Å²) < 4.78 is 48.7. The van der Waals surface area contributed by atoms with E-state index in [9.17, 15) is 23.1 Å². The number of halogens is 5. The van der Waals surface area contributed by atoms with Crippen LogP contribution in [0.2, 0.25) is 10.0 Å². The number of ether oxygens (including phenoxy) is 2. The molecule has 1 aliphatic rings. The summed E-state index contributed by atoms with van der Waals surface area (Å²) >= 11 is 11.6. The lowest BCUT2D eigenvalue weighted by Crippen LogP contribution is -2.46. The number of esters is 1. The molecule has 128 valence electrons. The Kier molecular flexibility index (Phi) is 5.03. The van der Waals surface area contributed by atoms with Crippen LogP contribution in [-0.4, -0.2) is 30.0 Å². The Morgan fingerprint density at radius 3 is 2.61 bits per heavy atom. The molecule has 0 aromatic heterocycles. The molecule has 0 amide bonds. The first kappa shape index (κ1) is 18.2. The second-order valence-corrected chi connectivity index (χ2v) is 5.94. The Bertz CT molecular complexity index is 621. The van der Waals surface area contributed by atoms with Crippen molar-refractivity contribution in [3.8, 4) is 5.75 Å². The summed E-state index contributed by atoms with van der Waals surface area (Å²) in [4.78, 5) is 11.7. The number of carbonyl (C=O) groups is 1. The molecule has 0 saturated carbocycles. The zero-order valence-electron chi connectivity index (χ0n) is 11.9. The Morgan fingerprint density at radius 1 is 1.43 bits per heavy atom. The van der Waals surface area contributed by atoms with Crippen molar-refractivity contribution in [3.05, 3.63) is 27.7 Å². The Labute approximate surface area is 140 Å². The first-order chi connectivity index (χ1) is 10.6. The van der Waals surface area contributed by atoms with Gasteiger partial charge in [0.1, 0.15) is 11.4 Å². The fourth-order valence-corrected chi connectivity index (χ4v) is 2.72. The third-order valence-corrected chi connectivity index (χ3v) is 4.15. The number of alkyl halides is 3. The average Bonchev–Trinajstić information content (AvgIpc) is 2.40. The van der Waals surface area contributed by atoms with Crippen molar-refractivity contribution in [1.29, 1.82) is 0 Å². The topological polar surface area (TPSA) is 55.8 Å². The van der Waals surface area contributed by atoms with Crippen LogP contribution in [0.25, 0.3) is 0 Å². The minimum Gasteiger partial charge on any atom is -0.480 e. The van der Waals surface area contributed by atoms with Gasteiger partial charge in [-0.3, -0.25) is 4.79 Å². The number of carbonyl (C=O) groups excluding carboxylic acids is 1. The number of fused-ring (bicyclic) bond motifs is 1. The molecule has 23 heavy (non-hydrogen) atoms. The summed E-state index contributed by atoms with van der Waals surface area (Å²) in [5.74, 6) is -1.09. The summed E-state index contributed by atoms with van der Waals surface area (Å²) in [6.45, 7) is 1.59. The molecule has 2 atom stereocenters. The summed E-state index contributed by atoms with van der Waals surface area (Å²) in [5, 5.41) is 10.7. The fraction of sp³-hybridized carbons (Fsp3) is 0.500. The number of benzene rings is 1. The highest BCUT2D eigenvalue weighted by Crippen LogP contribution is 2.47. The maximum Gasteiger partial charge on any atom is 0.425 e. The van der Waals surface area contributed by atoms with Crippen molar-refractivity contribution in [2.45, 2.75) is 37.6 Å². The van der Waals surface area contributed by atoms with Crippen molar-refractivity contribution in [2.75, 3.05) is 6.61 Å². The summed E-state index contributed by atoms with van der Waals surface area (Å²) in [5.41, 5.74) is -2.14. The molecule has 2 rings (SSSR count). The predicted molar refractivity (Wildman–Crippen MR) is 76.7 cm³/mol. The van der Waals surface area contributed by atoms with Gasteiger partial charge in [0.05, 0.1) is 23.1 Å². The van der Waals surface area contributed by atoms with E-state index in [-0.39, 0.29) is 28.0 Å². The van der Waals surface area contributed by atoms with Crippen molar-refractivity contribution < 1.29 is 32.5 Å². The van der Waals surface area contributed by atoms with E-state index in [0.29, 0.717) is 0 Å². The van der Waals surface area contributed by atoms with Gasteiger partial charge in [-0.25, -0.2) is 0 Å². The third-order valence-electron chi connectivity index (χ3n) is 3.42. The van der Waals surface area contributed by atoms with Crippen LogP contribution < -0.4 is 4.74 Å². The highest BCUT2D eigenvalue weighted by atomic mass is 35.5. The molecule has 1 aromatic carbocycles. The first-order valence-electron chi connectivity index (χ1n) is 6.67. The van der Waals surface area contributed by atoms with Gasteiger partial charge in [0.15, 0.2) is 6.10 Å². The van der Waals surface area contributed by atoms with Crippen LogP contribution in [0.15, 0.2) is 12.1 Å². The maximum absolute atomic E-state index is 13.0. The molecule has 0 aliphatic carbocycles. The fourth-order valence-electron chi connectivity index (χ4n) is 2.40. The van der Waals surface area contributed by atoms with E-state index in [1.807, 2.05) is 0 Å². The van der Waals surface area contributed by atoms with Crippen LogP contribution in [0.4, 0.5) is 13.2 Å². The zero-order valence-corrected chi connectivity index (χ0v) is 13.4. The normalized spacial score (nSPS) is 23.9. The summed E-state index contributed by atoms with van der Waals surface area (Å²) in [6, 6.07) is 2.29. The van der Waals surface area contributed by atoms with Crippen LogP contribution in [0.5, 0.6) is 5.75 Å². The van der Waals surface area contributed by atoms with Gasteiger partial charge >= 0.3 is 12.1 Å². The summed E-state index contributed by atoms with van der Waals surface area (Å²) in [7, 11) is 0. The van der Waals surface area contributed by atoms with Crippen LogP contribution in [0.1, 0.15) is 25.3 Å². The highest BCUT2D eigenvalue weighted by molar-refractivity contribution is 6.42. The van der Waals surface area contributed by atoms with Gasteiger partial charge in [-0.2, -0.15) is 13.2 Å². The molecule has 4 nitrogen and oxygen atoms in total. The van der Waals surface area contributed by atoms with Gasteiger partial charge in [-0.1, -0.05) is 23.2 Å². The standard InChI is InChI=1S/C14H13Cl2F3O4/c1-2-22-12(20)6-13(21)5-11(14(17,18)19)23-10-4-9(16)8(15)3-7(10)13/h3-4,11,21H,2,5-6H2,1H3/t11-,13+/m0/s1. The van der Waals surface area contributed by atoms with E-state index in [4.69, 9.17) is 32.7 Å². The van der Waals surface area contributed by atoms with E-state index in [0.717, 1.165) is 6.07 Å². The number of aliphatic hydroxyl groups is 1. The van der Waals surface area contributed by atoms with E-state index in [1.165, 1.54) is 6.07 Å². The average molecular weight is 373 g/mol. The number of hydrogen-bond acceptors (Lipinski definition) is 4. The molecule has 0 fully saturated rings. The quantitative estimate of drug-likeness (QED) is 0.818. The highest BCUT2D eigenvalue weighted by Gasteiger charge is 2.52. The van der Waals surface area contributed by atoms with Crippen LogP contribution in [-0.2, 0) is 15.1 Å². The van der Waals surface area contributed by atoms with Gasteiger partial charge in [0, 0.05) is 18.1 Å². The Hall–Kier alpha value is -1.18. The van der Waals surface area contributed by atoms with Crippen LogP contribution >= 0.6 is 23.2 Å². The van der Waals surface area contributed by atoms with Crippen molar-refractivity contribution >= 4 is 29.2 Å². The van der Waals surface area contributed by atoms with Crippen molar-refractivity contribution in [3.63, 3.8) is 0 Å². The summed E-state index contributed by atoms with van der Waals surface area (Å²) in [6.07, 6.45) is -8.49. The molecular weight excluding hydrogens is 360 g/mol. The number of rotatable bonds is 3. The zero-order chi connectivity index (χ0) is 17.4. The maximum atomic E-state index is 13.0. The van der Waals surface area contributed by atoms with Gasteiger partial charge in [-0.05, 0) is 13.0 Å². The molecule has 0 saturated heterocycles. The Morgan fingerprint density at radius 2 is 2.04 bits per heavy atom. The van der Waals surface area contributed by atoms with Crippen molar-refractivity contribution in [2.24, 2.45) is 0 Å². The molecule has 0 unspecified atom stereocenters. The smallest absolute Gasteiger partial charge is 0.425 e. The van der Waals surface area contributed by atoms with E-state index >= 15 is 0 Å². The minimum atomic E-state index is -4.72. The van der Waals surface area contributed by atoms with Crippen LogP contribution in [0, 0.1) is 0 Å². The molecule has 1 aliphatic heterocycles. The van der Waals surface area contributed by atoms with E-state index < -0.39 is 36.7 Å². The van der Waals surface area contributed by atoms with E-state index in [2.05, 4.69) is 0 Å². The lowest BCUT2D eigenvalue weighted by molar-refractivity contribution is -0.219. The lowest BCUT2D eigenvalue weighted by atomic mass is 9.82. The van der Waals surface area contributed by atoms with Crippen molar-refractivity contribution in [1.82, 2.24) is 0 Å². The minimum absolute atomic E-state index is 0.0216. The molecule has 1 heterocycles. The molecule has 0 radical (unpaired) electrons. The lowest BCUT2D eigenvalue weighted by Gasteiger charge is -2.39. The molecule has 0 spiro atoms. The second-order valence-electron chi connectivity index (χ2n) is 5.13. The first-order valence-corrected chi connectivity index (χ1v) is 7.43.